The number of piperidine rings is 1. The highest BCUT2D eigenvalue weighted by Crippen LogP contribution is 2.34. The van der Waals surface area contributed by atoms with Gasteiger partial charge in [-0.2, -0.15) is 8.78 Å². The Morgan fingerprint density at radius 2 is 1.79 bits per heavy atom. The first-order valence-electron chi connectivity index (χ1n) is 4.91. The standard InChI is InChI=1S/C11H13F2N/c12-11(13)8-4-5-9-14(11)10-6-2-1-3-7-10/h1-3,6-7H,4-5,8-9H2. The zero-order valence-electron chi connectivity index (χ0n) is 7.92. The molecule has 0 spiro atoms. The van der Waals surface area contributed by atoms with E-state index in [0.29, 0.717) is 18.7 Å². The van der Waals surface area contributed by atoms with E-state index in [4.69, 9.17) is 0 Å². The number of nitrogens with zero attached hydrogens (tertiary/aromatic N) is 1. The van der Waals surface area contributed by atoms with Crippen molar-refractivity contribution in [2.45, 2.75) is 25.3 Å². The molecule has 1 heterocycles. The molecule has 0 aliphatic carbocycles. The third kappa shape index (κ3) is 1.72. The van der Waals surface area contributed by atoms with Crippen molar-refractivity contribution >= 4 is 5.69 Å². The Morgan fingerprint density at radius 1 is 1.07 bits per heavy atom. The lowest BCUT2D eigenvalue weighted by atomic mass is 10.1. The Morgan fingerprint density at radius 3 is 2.43 bits per heavy atom. The quantitative estimate of drug-likeness (QED) is 0.624. The van der Waals surface area contributed by atoms with Crippen LogP contribution in [0.1, 0.15) is 19.3 Å². The second kappa shape index (κ2) is 3.56. The molecule has 0 bridgehead atoms. The summed E-state index contributed by atoms with van der Waals surface area (Å²) >= 11 is 0. The molecule has 0 aromatic heterocycles. The van der Waals surface area contributed by atoms with Gasteiger partial charge in [0.05, 0.1) is 0 Å². The molecular formula is C11H13F2N. The van der Waals surface area contributed by atoms with Crippen LogP contribution >= 0.6 is 0 Å². The van der Waals surface area contributed by atoms with E-state index in [2.05, 4.69) is 0 Å². The van der Waals surface area contributed by atoms with E-state index in [1.165, 1.54) is 4.90 Å². The van der Waals surface area contributed by atoms with Crippen molar-refractivity contribution < 1.29 is 8.78 Å². The number of hydrogen-bond donors (Lipinski definition) is 0. The van der Waals surface area contributed by atoms with Gasteiger partial charge < -0.3 is 4.90 Å². The van der Waals surface area contributed by atoms with Crippen molar-refractivity contribution in [3.05, 3.63) is 30.3 Å². The fourth-order valence-electron chi connectivity index (χ4n) is 1.83. The zero-order chi connectivity index (χ0) is 10.0. The number of rotatable bonds is 1. The molecule has 3 heteroatoms. The van der Waals surface area contributed by atoms with Crippen LogP contribution in [0.4, 0.5) is 14.5 Å². The highest BCUT2D eigenvalue weighted by Gasteiger charge is 2.38. The maximum atomic E-state index is 13.5. The van der Waals surface area contributed by atoms with Gasteiger partial charge in [-0.15, -0.1) is 0 Å². The van der Waals surface area contributed by atoms with E-state index in [1.807, 2.05) is 6.07 Å². The molecule has 0 unspecified atom stereocenters. The van der Waals surface area contributed by atoms with E-state index in [9.17, 15) is 8.78 Å². The lowest BCUT2D eigenvalue weighted by Crippen LogP contribution is -2.45. The molecule has 1 nitrogen and oxygen atoms in total. The van der Waals surface area contributed by atoms with Gasteiger partial charge in [0.15, 0.2) is 0 Å². The maximum Gasteiger partial charge on any atom is 0.325 e. The summed E-state index contributed by atoms with van der Waals surface area (Å²) in [5.74, 6) is 0. The van der Waals surface area contributed by atoms with E-state index < -0.39 is 6.05 Å². The Kier molecular flexibility index (Phi) is 2.40. The van der Waals surface area contributed by atoms with E-state index in [1.54, 1.807) is 24.3 Å². The summed E-state index contributed by atoms with van der Waals surface area (Å²) in [6.45, 7) is 0.455. The minimum atomic E-state index is -2.67. The highest BCUT2D eigenvalue weighted by atomic mass is 19.3. The van der Waals surface area contributed by atoms with Gasteiger partial charge in [0.25, 0.3) is 0 Å². The summed E-state index contributed by atoms with van der Waals surface area (Å²) in [7, 11) is 0. The lowest BCUT2D eigenvalue weighted by Gasteiger charge is -2.36. The van der Waals surface area contributed by atoms with Crippen LogP contribution in [0.5, 0.6) is 0 Å². The normalized spacial score (nSPS) is 20.9. The first-order valence-corrected chi connectivity index (χ1v) is 4.91. The van der Waals surface area contributed by atoms with Crippen molar-refractivity contribution in [1.29, 1.82) is 0 Å². The predicted molar refractivity (Wildman–Crippen MR) is 52.6 cm³/mol. The SMILES string of the molecule is FC1(F)CCCCN1c1ccccc1. The molecule has 1 aromatic rings. The van der Waals surface area contributed by atoms with Gasteiger partial charge in [-0.3, -0.25) is 0 Å². The van der Waals surface area contributed by atoms with Crippen molar-refractivity contribution in [2.75, 3.05) is 11.4 Å². The number of benzene rings is 1. The molecule has 0 radical (unpaired) electrons. The Balaban J connectivity index is 2.24. The molecule has 0 N–H and O–H groups in total. The predicted octanol–water partition coefficient (Wildman–Crippen LogP) is 3.27. The molecule has 1 fully saturated rings. The molecule has 1 aromatic carbocycles. The summed E-state index contributed by atoms with van der Waals surface area (Å²) in [5, 5.41) is 0. The van der Waals surface area contributed by atoms with Crippen LogP contribution in [0.2, 0.25) is 0 Å². The Hall–Kier alpha value is -1.12. The van der Waals surface area contributed by atoms with Crippen molar-refractivity contribution in [3.63, 3.8) is 0 Å². The molecule has 1 saturated heterocycles. The van der Waals surface area contributed by atoms with E-state index in [0.717, 1.165) is 6.42 Å². The summed E-state index contributed by atoms with van der Waals surface area (Å²) in [6.07, 6.45) is 1.45. The molecule has 2 rings (SSSR count). The summed E-state index contributed by atoms with van der Waals surface area (Å²) in [6, 6.07) is 6.23. The van der Waals surface area contributed by atoms with Crippen molar-refractivity contribution in [2.24, 2.45) is 0 Å². The number of para-hydroxylation sites is 1. The molecule has 1 aliphatic heterocycles. The van der Waals surface area contributed by atoms with Crippen molar-refractivity contribution in [1.82, 2.24) is 0 Å². The number of halogens is 2. The first-order chi connectivity index (χ1) is 6.70. The molecule has 0 atom stereocenters. The Bertz CT molecular complexity index is 297. The second-order valence-corrected chi connectivity index (χ2v) is 3.61. The van der Waals surface area contributed by atoms with Crippen LogP contribution in [0, 0.1) is 0 Å². The first kappa shape index (κ1) is 9.44. The van der Waals surface area contributed by atoms with E-state index >= 15 is 0 Å². The van der Waals surface area contributed by atoms with Crippen LogP contribution in [0.3, 0.4) is 0 Å². The van der Waals surface area contributed by atoms with Gasteiger partial charge in [-0.05, 0) is 25.0 Å². The van der Waals surface area contributed by atoms with Crippen LogP contribution < -0.4 is 4.90 Å². The summed E-state index contributed by atoms with van der Waals surface area (Å²) < 4.78 is 27.0. The fraction of sp³-hybridized carbons (Fsp3) is 0.455. The number of hydrogen-bond acceptors (Lipinski definition) is 1. The molecule has 0 amide bonds. The van der Waals surface area contributed by atoms with Gasteiger partial charge in [0.2, 0.25) is 0 Å². The summed E-state index contributed by atoms with van der Waals surface area (Å²) in [5.41, 5.74) is 0.622. The van der Waals surface area contributed by atoms with Gasteiger partial charge in [-0.25, -0.2) is 0 Å². The minimum absolute atomic E-state index is 0.0259. The topological polar surface area (TPSA) is 3.24 Å². The van der Waals surface area contributed by atoms with Gasteiger partial charge >= 0.3 is 6.05 Å². The third-order valence-corrected chi connectivity index (χ3v) is 2.57. The van der Waals surface area contributed by atoms with Gasteiger partial charge in [0, 0.05) is 18.7 Å². The largest absolute Gasteiger partial charge is 0.325 e. The minimum Gasteiger partial charge on any atom is -0.313 e. The van der Waals surface area contributed by atoms with Crippen LogP contribution in [-0.2, 0) is 0 Å². The number of anilines is 1. The Labute approximate surface area is 82.3 Å². The van der Waals surface area contributed by atoms with Gasteiger partial charge in [0.1, 0.15) is 0 Å². The monoisotopic (exact) mass is 197 g/mol. The molecule has 1 aliphatic rings. The molecular weight excluding hydrogens is 184 g/mol. The fourth-order valence-corrected chi connectivity index (χ4v) is 1.83. The maximum absolute atomic E-state index is 13.5. The van der Waals surface area contributed by atoms with Crippen LogP contribution in [0.25, 0.3) is 0 Å². The van der Waals surface area contributed by atoms with Crippen LogP contribution in [-0.4, -0.2) is 12.6 Å². The number of alkyl halides is 2. The lowest BCUT2D eigenvalue weighted by molar-refractivity contribution is -0.0248. The average Bonchev–Trinajstić information content (AvgIpc) is 2.18. The smallest absolute Gasteiger partial charge is 0.313 e. The van der Waals surface area contributed by atoms with Crippen LogP contribution in [0.15, 0.2) is 30.3 Å². The van der Waals surface area contributed by atoms with E-state index in [-0.39, 0.29) is 6.42 Å². The molecule has 76 valence electrons. The third-order valence-electron chi connectivity index (χ3n) is 2.57. The van der Waals surface area contributed by atoms with Crippen molar-refractivity contribution in [3.8, 4) is 0 Å². The molecule has 0 saturated carbocycles. The molecule has 14 heavy (non-hydrogen) atoms. The zero-order valence-corrected chi connectivity index (χ0v) is 7.92. The highest BCUT2D eigenvalue weighted by molar-refractivity contribution is 5.47. The second-order valence-electron chi connectivity index (χ2n) is 3.61. The average molecular weight is 197 g/mol. The summed E-state index contributed by atoms with van der Waals surface area (Å²) in [4.78, 5) is 1.20. The van der Waals surface area contributed by atoms with Gasteiger partial charge in [-0.1, -0.05) is 18.2 Å².